The number of benzene rings is 1. The molecule has 9 heteroatoms. The molecule has 1 aromatic rings. The third kappa shape index (κ3) is 6.09. The van der Waals surface area contributed by atoms with E-state index in [1.165, 1.54) is 31.4 Å². The monoisotopic (exact) mass is 308 g/mol. The summed E-state index contributed by atoms with van der Waals surface area (Å²) in [5.41, 5.74) is 2.81. The number of nitrogens with zero attached hydrogens (tertiary/aromatic N) is 2. The summed E-state index contributed by atoms with van der Waals surface area (Å²) in [4.78, 5) is 33.0. The molecule has 0 aliphatic carbocycles. The number of carbonyl (C=O) groups excluding carboxylic acids is 2. The highest BCUT2D eigenvalue weighted by Crippen LogP contribution is 2.17. The van der Waals surface area contributed by atoms with Crippen LogP contribution in [0.1, 0.15) is 13.3 Å². The number of nitro groups is 1. The fraction of sp³-hybridized carbons (Fsp3) is 0.308. The van der Waals surface area contributed by atoms with Crippen molar-refractivity contribution in [3.05, 3.63) is 34.4 Å². The zero-order valence-corrected chi connectivity index (χ0v) is 12.2. The quantitative estimate of drug-likeness (QED) is 0.443. The predicted octanol–water partition coefficient (Wildman–Crippen LogP) is 1.06. The summed E-state index contributed by atoms with van der Waals surface area (Å²) < 4.78 is 4.61. The Morgan fingerprint density at radius 1 is 1.36 bits per heavy atom. The van der Waals surface area contributed by atoms with Crippen molar-refractivity contribution in [2.75, 3.05) is 19.0 Å². The molecule has 0 aliphatic rings. The van der Waals surface area contributed by atoms with Crippen LogP contribution in [0.15, 0.2) is 29.4 Å². The predicted molar refractivity (Wildman–Crippen MR) is 79.5 cm³/mol. The minimum absolute atomic E-state index is 0.0596. The van der Waals surface area contributed by atoms with Crippen LogP contribution in [-0.2, 0) is 14.3 Å². The van der Waals surface area contributed by atoms with Gasteiger partial charge in [-0.05, 0) is 13.0 Å². The number of hydrazone groups is 1. The topological polar surface area (TPSA) is 123 Å². The second kappa shape index (κ2) is 8.47. The summed E-state index contributed by atoms with van der Waals surface area (Å²) in [7, 11) is 1.38. The molecule has 0 bridgehead atoms. The normalized spacial score (nSPS) is 10.9. The van der Waals surface area contributed by atoms with Crippen LogP contribution in [0, 0.1) is 10.1 Å². The molecule has 0 unspecified atom stereocenters. The first kappa shape index (κ1) is 17.2. The van der Waals surface area contributed by atoms with Crippen LogP contribution < -0.4 is 10.7 Å². The standard InChI is InChI=1S/C13H16N4O5/c1-9(15-16-13(19)8-22-2)6-12(18)14-10-4-3-5-11(7-10)17(20)21/h3-5,7H,6,8H2,1-2H3,(H,14,18)(H,16,19)/b15-9+. The molecule has 0 saturated heterocycles. The minimum atomic E-state index is -0.548. The van der Waals surface area contributed by atoms with Gasteiger partial charge in [-0.2, -0.15) is 5.10 Å². The summed E-state index contributed by atoms with van der Waals surface area (Å²) in [6, 6.07) is 5.59. The Balaban J connectivity index is 2.55. The second-order valence-corrected chi connectivity index (χ2v) is 4.35. The van der Waals surface area contributed by atoms with E-state index in [1.807, 2.05) is 0 Å². The highest BCUT2D eigenvalue weighted by atomic mass is 16.6. The molecule has 1 rings (SSSR count). The fourth-order valence-electron chi connectivity index (χ4n) is 1.50. The van der Waals surface area contributed by atoms with E-state index in [1.54, 1.807) is 6.92 Å². The fourth-order valence-corrected chi connectivity index (χ4v) is 1.50. The number of amides is 2. The van der Waals surface area contributed by atoms with E-state index in [0.29, 0.717) is 11.4 Å². The molecule has 9 nitrogen and oxygen atoms in total. The van der Waals surface area contributed by atoms with E-state index >= 15 is 0 Å². The molecular formula is C13H16N4O5. The first-order valence-corrected chi connectivity index (χ1v) is 6.27. The van der Waals surface area contributed by atoms with Crippen molar-refractivity contribution in [3.63, 3.8) is 0 Å². The number of methoxy groups -OCH3 is 1. The first-order chi connectivity index (χ1) is 10.4. The van der Waals surface area contributed by atoms with Crippen LogP contribution in [0.4, 0.5) is 11.4 Å². The van der Waals surface area contributed by atoms with Crippen molar-refractivity contribution < 1.29 is 19.2 Å². The average molecular weight is 308 g/mol. The number of nitro benzene ring substituents is 1. The number of rotatable bonds is 7. The minimum Gasteiger partial charge on any atom is -0.375 e. The molecule has 0 saturated carbocycles. The SMILES string of the molecule is COCC(=O)N/N=C(\C)CC(=O)Nc1cccc([N+](=O)[O-])c1. The Bertz CT molecular complexity index is 600. The molecule has 0 radical (unpaired) electrons. The summed E-state index contributed by atoms with van der Waals surface area (Å²) >= 11 is 0. The first-order valence-electron chi connectivity index (χ1n) is 6.27. The molecule has 0 aliphatic heterocycles. The van der Waals surface area contributed by atoms with Crippen molar-refractivity contribution in [1.29, 1.82) is 0 Å². The van der Waals surface area contributed by atoms with Gasteiger partial charge in [0.05, 0.1) is 11.3 Å². The Hall–Kier alpha value is -2.81. The van der Waals surface area contributed by atoms with Gasteiger partial charge in [0.2, 0.25) is 5.91 Å². The van der Waals surface area contributed by atoms with E-state index in [4.69, 9.17) is 0 Å². The molecule has 0 aromatic heterocycles. The van der Waals surface area contributed by atoms with Gasteiger partial charge < -0.3 is 10.1 Å². The summed E-state index contributed by atoms with van der Waals surface area (Å²) in [5.74, 6) is -0.830. The van der Waals surface area contributed by atoms with Crippen molar-refractivity contribution in [2.45, 2.75) is 13.3 Å². The van der Waals surface area contributed by atoms with Gasteiger partial charge in [-0.25, -0.2) is 5.43 Å². The van der Waals surface area contributed by atoms with Gasteiger partial charge in [0.15, 0.2) is 0 Å². The Morgan fingerprint density at radius 3 is 2.73 bits per heavy atom. The van der Waals surface area contributed by atoms with Crippen molar-refractivity contribution >= 4 is 28.9 Å². The van der Waals surface area contributed by atoms with Gasteiger partial charge in [-0.15, -0.1) is 0 Å². The molecule has 1 aromatic carbocycles. The van der Waals surface area contributed by atoms with Crippen molar-refractivity contribution in [3.8, 4) is 0 Å². The molecular weight excluding hydrogens is 292 g/mol. The largest absolute Gasteiger partial charge is 0.375 e. The van der Waals surface area contributed by atoms with E-state index < -0.39 is 16.7 Å². The Kier molecular flexibility index (Phi) is 6.64. The number of nitrogens with one attached hydrogen (secondary N) is 2. The number of anilines is 1. The van der Waals surface area contributed by atoms with Crippen molar-refractivity contribution in [2.24, 2.45) is 5.10 Å². The van der Waals surface area contributed by atoms with Gasteiger partial charge in [0.1, 0.15) is 6.61 Å². The van der Waals surface area contributed by atoms with Gasteiger partial charge in [-0.3, -0.25) is 19.7 Å². The third-order valence-electron chi connectivity index (χ3n) is 2.40. The zero-order valence-electron chi connectivity index (χ0n) is 12.2. The zero-order chi connectivity index (χ0) is 16.5. The summed E-state index contributed by atoms with van der Waals surface area (Å²) in [6.07, 6.45) is -0.0596. The number of carbonyl (C=O) groups is 2. The van der Waals surface area contributed by atoms with Gasteiger partial charge in [0, 0.05) is 30.6 Å². The molecule has 0 heterocycles. The average Bonchev–Trinajstić information content (AvgIpc) is 2.45. The third-order valence-corrected chi connectivity index (χ3v) is 2.40. The maximum absolute atomic E-state index is 11.8. The molecule has 0 fully saturated rings. The Morgan fingerprint density at radius 2 is 2.09 bits per heavy atom. The van der Waals surface area contributed by atoms with Crippen LogP contribution in [-0.4, -0.2) is 36.2 Å². The van der Waals surface area contributed by atoms with Gasteiger partial charge in [0.25, 0.3) is 11.6 Å². The van der Waals surface area contributed by atoms with Gasteiger partial charge in [-0.1, -0.05) is 6.07 Å². The van der Waals surface area contributed by atoms with Crippen LogP contribution in [0.25, 0.3) is 0 Å². The number of ether oxygens (including phenoxy) is 1. The van der Waals surface area contributed by atoms with Crippen LogP contribution in [0.5, 0.6) is 0 Å². The summed E-state index contributed by atoms with van der Waals surface area (Å²) in [6.45, 7) is 1.44. The van der Waals surface area contributed by atoms with E-state index in [-0.39, 0.29) is 18.7 Å². The highest BCUT2D eigenvalue weighted by molar-refractivity contribution is 6.05. The molecule has 0 atom stereocenters. The molecule has 22 heavy (non-hydrogen) atoms. The lowest BCUT2D eigenvalue weighted by Gasteiger charge is -2.05. The summed E-state index contributed by atoms with van der Waals surface area (Å²) in [5, 5.41) is 16.9. The smallest absolute Gasteiger partial charge is 0.271 e. The molecule has 0 spiro atoms. The highest BCUT2D eigenvalue weighted by Gasteiger charge is 2.09. The maximum atomic E-state index is 11.8. The van der Waals surface area contributed by atoms with Crippen LogP contribution >= 0.6 is 0 Å². The number of non-ortho nitro benzene ring substituents is 1. The lowest BCUT2D eigenvalue weighted by Crippen LogP contribution is -2.24. The van der Waals surface area contributed by atoms with E-state index in [0.717, 1.165) is 0 Å². The van der Waals surface area contributed by atoms with E-state index in [2.05, 4.69) is 20.6 Å². The maximum Gasteiger partial charge on any atom is 0.271 e. The molecule has 2 N–H and O–H groups in total. The second-order valence-electron chi connectivity index (χ2n) is 4.35. The number of hydrogen-bond donors (Lipinski definition) is 2. The number of hydrogen-bond acceptors (Lipinski definition) is 6. The van der Waals surface area contributed by atoms with Crippen LogP contribution in [0.3, 0.4) is 0 Å². The lowest BCUT2D eigenvalue weighted by molar-refractivity contribution is -0.384. The lowest BCUT2D eigenvalue weighted by atomic mass is 10.2. The van der Waals surface area contributed by atoms with Gasteiger partial charge >= 0.3 is 0 Å². The molecule has 2 amide bonds. The molecule has 118 valence electrons. The Labute approximate surface area is 126 Å². The van der Waals surface area contributed by atoms with E-state index in [9.17, 15) is 19.7 Å². The van der Waals surface area contributed by atoms with Crippen LogP contribution in [0.2, 0.25) is 0 Å². The van der Waals surface area contributed by atoms with Crippen molar-refractivity contribution in [1.82, 2.24) is 5.43 Å².